The number of benzene rings is 1. The van der Waals surface area contributed by atoms with E-state index in [0.29, 0.717) is 11.4 Å². The summed E-state index contributed by atoms with van der Waals surface area (Å²) in [5.74, 6) is -0.244. The number of rotatable bonds is 4. The van der Waals surface area contributed by atoms with Gasteiger partial charge < -0.3 is 10.6 Å². The normalized spacial score (nSPS) is 10.2. The Hall–Kier alpha value is -1.40. The number of nitrogens with one attached hydrogen (secondary N) is 2. The number of hydrogen-bond acceptors (Lipinski definition) is 3. The zero-order chi connectivity index (χ0) is 14.5. The fraction of sp³-hybridized carbons (Fsp3) is 0.143. The molecule has 1 aromatic heterocycles. The van der Waals surface area contributed by atoms with Crippen LogP contribution in [-0.4, -0.2) is 17.4 Å². The monoisotopic (exact) mass is 397 g/mol. The number of aromatic nitrogens is 1. The van der Waals surface area contributed by atoms with Gasteiger partial charge in [-0.2, -0.15) is 0 Å². The second-order valence-electron chi connectivity index (χ2n) is 4.04. The van der Waals surface area contributed by atoms with Gasteiger partial charge in [-0.1, -0.05) is 15.9 Å². The van der Waals surface area contributed by atoms with Gasteiger partial charge in [0.05, 0.1) is 17.6 Å². The zero-order valence-electron chi connectivity index (χ0n) is 10.8. The van der Waals surface area contributed by atoms with Crippen molar-refractivity contribution in [2.45, 2.75) is 6.92 Å². The van der Waals surface area contributed by atoms with E-state index < -0.39 is 0 Å². The summed E-state index contributed by atoms with van der Waals surface area (Å²) in [7, 11) is 0. The molecule has 1 heterocycles. The summed E-state index contributed by atoms with van der Waals surface area (Å²) >= 11 is 6.77. The molecule has 0 radical (unpaired) electrons. The second-order valence-corrected chi connectivity index (χ2v) is 5.81. The number of carbonyl (C=O) groups is 1. The van der Waals surface area contributed by atoms with E-state index in [-0.39, 0.29) is 5.91 Å². The molecule has 2 N–H and O–H groups in total. The van der Waals surface area contributed by atoms with Crippen LogP contribution in [0.2, 0.25) is 0 Å². The fourth-order valence-electron chi connectivity index (χ4n) is 1.62. The quantitative estimate of drug-likeness (QED) is 0.807. The van der Waals surface area contributed by atoms with Crippen LogP contribution in [0.5, 0.6) is 0 Å². The van der Waals surface area contributed by atoms with E-state index in [1.165, 1.54) is 0 Å². The Labute approximate surface area is 134 Å². The van der Waals surface area contributed by atoms with Gasteiger partial charge in [0.25, 0.3) is 5.91 Å². The summed E-state index contributed by atoms with van der Waals surface area (Å²) in [5, 5.41) is 5.95. The minimum Gasteiger partial charge on any atom is -0.384 e. The van der Waals surface area contributed by atoms with E-state index in [9.17, 15) is 4.79 Å². The molecule has 1 amide bonds. The van der Waals surface area contributed by atoms with E-state index in [2.05, 4.69) is 47.5 Å². The molecular weight excluding hydrogens is 386 g/mol. The van der Waals surface area contributed by atoms with Crippen LogP contribution < -0.4 is 10.6 Å². The molecule has 0 saturated heterocycles. The highest BCUT2D eigenvalue weighted by Gasteiger charge is 2.10. The molecule has 104 valence electrons. The van der Waals surface area contributed by atoms with Crippen LogP contribution in [0.1, 0.15) is 17.4 Å². The summed E-state index contributed by atoms with van der Waals surface area (Å²) in [6, 6.07) is 9.11. The number of anilines is 2. The molecule has 2 rings (SSSR count). The van der Waals surface area contributed by atoms with Crippen molar-refractivity contribution in [2.75, 3.05) is 17.2 Å². The zero-order valence-corrected chi connectivity index (χ0v) is 14.0. The van der Waals surface area contributed by atoms with Gasteiger partial charge in [-0.25, -0.2) is 4.98 Å². The van der Waals surface area contributed by atoms with Crippen LogP contribution in [0, 0.1) is 0 Å². The average molecular weight is 399 g/mol. The van der Waals surface area contributed by atoms with Gasteiger partial charge in [0, 0.05) is 15.5 Å². The number of nitrogens with zero attached hydrogens (tertiary/aromatic N) is 1. The largest absolute Gasteiger partial charge is 0.384 e. The molecule has 0 aliphatic carbocycles. The van der Waals surface area contributed by atoms with Crippen molar-refractivity contribution in [3.63, 3.8) is 0 Å². The molecule has 1 aromatic carbocycles. The van der Waals surface area contributed by atoms with Crippen LogP contribution in [0.4, 0.5) is 11.4 Å². The maximum Gasteiger partial charge on any atom is 0.274 e. The first-order chi connectivity index (χ1) is 9.60. The molecule has 0 unspecified atom stereocenters. The molecule has 0 spiro atoms. The van der Waals surface area contributed by atoms with Gasteiger partial charge in [-0.15, -0.1) is 0 Å². The summed E-state index contributed by atoms with van der Waals surface area (Å²) < 4.78 is 1.71. The van der Waals surface area contributed by atoms with E-state index in [4.69, 9.17) is 0 Å². The number of hydrogen-bond donors (Lipinski definition) is 2. The fourth-order valence-corrected chi connectivity index (χ4v) is 2.32. The van der Waals surface area contributed by atoms with Crippen molar-refractivity contribution >= 4 is 49.1 Å². The third kappa shape index (κ3) is 3.80. The van der Waals surface area contributed by atoms with Crippen LogP contribution in [0.15, 0.2) is 45.5 Å². The number of halogens is 2. The Morgan fingerprint density at radius 1 is 1.25 bits per heavy atom. The van der Waals surface area contributed by atoms with Crippen molar-refractivity contribution < 1.29 is 4.79 Å². The van der Waals surface area contributed by atoms with Crippen LogP contribution in [0.3, 0.4) is 0 Å². The van der Waals surface area contributed by atoms with Crippen molar-refractivity contribution in [3.05, 3.63) is 51.2 Å². The molecular formula is C14H13Br2N3O. The Balaban J connectivity index is 2.13. The first kappa shape index (κ1) is 15.0. The van der Waals surface area contributed by atoms with E-state index in [1.807, 2.05) is 31.2 Å². The van der Waals surface area contributed by atoms with E-state index in [0.717, 1.165) is 21.2 Å². The van der Waals surface area contributed by atoms with Gasteiger partial charge in [0.1, 0.15) is 5.69 Å². The summed E-state index contributed by atoms with van der Waals surface area (Å²) in [6.07, 6.45) is 1.65. The van der Waals surface area contributed by atoms with Crippen molar-refractivity contribution in [3.8, 4) is 0 Å². The predicted octanol–water partition coefficient (Wildman–Crippen LogP) is 4.29. The maximum absolute atomic E-state index is 12.1. The smallest absolute Gasteiger partial charge is 0.274 e. The van der Waals surface area contributed by atoms with Crippen molar-refractivity contribution in [1.82, 2.24) is 4.98 Å². The standard InChI is InChI=1S/C14H13Br2N3O/c1-2-17-10-4-6-12(18-8-10)14(20)19-13-7-9(15)3-5-11(13)16/h3-8,17H,2H2,1H3,(H,19,20). The van der Waals surface area contributed by atoms with Crippen molar-refractivity contribution in [2.24, 2.45) is 0 Å². The lowest BCUT2D eigenvalue weighted by atomic mass is 10.3. The molecule has 0 aliphatic rings. The highest BCUT2D eigenvalue weighted by atomic mass is 79.9. The minimum absolute atomic E-state index is 0.244. The summed E-state index contributed by atoms with van der Waals surface area (Å²) in [5.41, 5.74) is 1.97. The SMILES string of the molecule is CCNc1ccc(C(=O)Nc2cc(Br)ccc2Br)nc1. The Kier molecular flexibility index (Phi) is 5.14. The molecule has 4 nitrogen and oxygen atoms in total. The lowest BCUT2D eigenvalue weighted by Gasteiger charge is -2.08. The highest BCUT2D eigenvalue weighted by Crippen LogP contribution is 2.26. The van der Waals surface area contributed by atoms with Gasteiger partial charge in [0.15, 0.2) is 0 Å². The molecule has 0 aliphatic heterocycles. The molecule has 0 bridgehead atoms. The van der Waals surface area contributed by atoms with E-state index >= 15 is 0 Å². The molecule has 2 aromatic rings. The van der Waals surface area contributed by atoms with Gasteiger partial charge >= 0.3 is 0 Å². The predicted molar refractivity (Wildman–Crippen MR) is 88.2 cm³/mol. The van der Waals surface area contributed by atoms with Crippen molar-refractivity contribution in [1.29, 1.82) is 0 Å². The average Bonchev–Trinajstić information content (AvgIpc) is 2.44. The molecule has 0 saturated carbocycles. The van der Waals surface area contributed by atoms with Gasteiger partial charge in [-0.05, 0) is 53.2 Å². The maximum atomic E-state index is 12.1. The molecule has 20 heavy (non-hydrogen) atoms. The Morgan fingerprint density at radius 3 is 2.70 bits per heavy atom. The van der Waals surface area contributed by atoms with Crippen LogP contribution in [0.25, 0.3) is 0 Å². The highest BCUT2D eigenvalue weighted by molar-refractivity contribution is 9.11. The molecule has 0 fully saturated rings. The second kappa shape index (κ2) is 6.85. The topological polar surface area (TPSA) is 54.0 Å². The lowest BCUT2D eigenvalue weighted by Crippen LogP contribution is -2.14. The minimum atomic E-state index is -0.244. The van der Waals surface area contributed by atoms with E-state index in [1.54, 1.807) is 12.3 Å². The Morgan fingerprint density at radius 2 is 2.05 bits per heavy atom. The lowest BCUT2D eigenvalue weighted by molar-refractivity contribution is 0.102. The van der Waals surface area contributed by atoms with Crippen LogP contribution in [-0.2, 0) is 0 Å². The molecule has 0 atom stereocenters. The summed E-state index contributed by atoms with van der Waals surface area (Å²) in [4.78, 5) is 16.3. The molecule has 6 heteroatoms. The van der Waals surface area contributed by atoms with Gasteiger partial charge in [-0.3, -0.25) is 4.79 Å². The number of carbonyl (C=O) groups excluding carboxylic acids is 1. The summed E-state index contributed by atoms with van der Waals surface area (Å²) in [6.45, 7) is 2.82. The first-order valence-electron chi connectivity index (χ1n) is 6.06. The third-order valence-electron chi connectivity index (χ3n) is 2.55. The van der Waals surface area contributed by atoms with Gasteiger partial charge in [0.2, 0.25) is 0 Å². The third-order valence-corrected chi connectivity index (χ3v) is 3.74. The number of amides is 1. The van der Waals surface area contributed by atoms with Crippen LogP contribution >= 0.6 is 31.9 Å². The Bertz CT molecular complexity index is 614. The number of pyridine rings is 1. The first-order valence-corrected chi connectivity index (χ1v) is 7.65.